The highest BCUT2D eigenvalue weighted by Gasteiger charge is 2.20. The van der Waals surface area contributed by atoms with Gasteiger partial charge in [-0.25, -0.2) is 0 Å². The van der Waals surface area contributed by atoms with Crippen LogP contribution in [0, 0.1) is 0 Å². The van der Waals surface area contributed by atoms with Crippen LogP contribution in [0.15, 0.2) is 78.9 Å². The first kappa shape index (κ1) is 24.0. The lowest BCUT2D eigenvalue weighted by molar-refractivity contribution is -0.122. The summed E-state index contributed by atoms with van der Waals surface area (Å²) in [7, 11) is 1.76. The number of hydrogen-bond donors (Lipinski definition) is 2. The standard InChI is InChI=1S/C27H31N3O3/c1-4-22-12-8-9-13-25(22)29-26(31)18-30(3)20(2)27(32)28-23-14-16-24(17-15-23)33-19-21-10-6-5-7-11-21/h5-17,20H,4,18-19H2,1-3H3,(H,28,32)(H,29,31). The van der Waals surface area contributed by atoms with Gasteiger partial charge in [0.05, 0.1) is 12.6 Å². The molecule has 172 valence electrons. The summed E-state index contributed by atoms with van der Waals surface area (Å²) in [5.41, 5.74) is 3.66. The van der Waals surface area contributed by atoms with Gasteiger partial charge in [0.2, 0.25) is 11.8 Å². The van der Waals surface area contributed by atoms with E-state index in [0.717, 1.165) is 29.0 Å². The minimum Gasteiger partial charge on any atom is -0.489 e. The van der Waals surface area contributed by atoms with E-state index in [1.807, 2.05) is 73.7 Å². The molecule has 0 fully saturated rings. The summed E-state index contributed by atoms with van der Waals surface area (Å²) in [6.07, 6.45) is 0.835. The van der Waals surface area contributed by atoms with Crippen LogP contribution in [0.25, 0.3) is 0 Å². The summed E-state index contributed by atoms with van der Waals surface area (Å²) in [6.45, 7) is 4.42. The highest BCUT2D eigenvalue weighted by atomic mass is 16.5. The maximum Gasteiger partial charge on any atom is 0.241 e. The molecule has 1 atom stereocenters. The van der Waals surface area contributed by atoms with Crippen LogP contribution in [0.5, 0.6) is 5.75 Å². The van der Waals surface area contributed by atoms with E-state index in [2.05, 4.69) is 10.6 Å². The van der Waals surface area contributed by atoms with Crippen LogP contribution in [0.2, 0.25) is 0 Å². The molecule has 33 heavy (non-hydrogen) atoms. The summed E-state index contributed by atoms with van der Waals surface area (Å²) in [5, 5.41) is 5.84. The molecule has 0 aliphatic carbocycles. The Morgan fingerprint density at radius 1 is 0.909 bits per heavy atom. The maximum absolute atomic E-state index is 12.7. The summed E-state index contributed by atoms with van der Waals surface area (Å²) < 4.78 is 5.78. The van der Waals surface area contributed by atoms with Gasteiger partial charge in [-0.05, 0) is 61.9 Å². The number of carbonyl (C=O) groups is 2. The smallest absolute Gasteiger partial charge is 0.241 e. The van der Waals surface area contributed by atoms with Crippen molar-refractivity contribution in [3.8, 4) is 5.75 Å². The Hall–Kier alpha value is -3.64. The molecule has 0 spiro atoms. The van der Waals surface area contributed by atoms with E-state index >= 15 is 0 Å². The largest absolute Gasteiger partial charge is 0.489 e. The lowest BCUT2D eigenvalue weighted by Gasteiger charge is -2.23. The molecule has 1 unspecified atom stereocenters. The quantitative estimate of drug-likeness (QED) is 0.474. The molecule has 0 aliphatic heterocycles. The van der Waals surface area contributed by atoms with Gasteiger partial charge in [-0.1, -0.05) is 55.5 Å². The van der Waals surface area contributed by atoms with Crippen molar-refractivity contribution < 1.29 is 14.3 Å². The number of amides is 2. The van der Waals surface area contributed by atoms with Gasteiger partial charge in [0.1, 0.15) is 12.4 Å². The molecule has 0 saturated carbocycles. The zero-order valence-electron chi connectivity index (χ0n) is 19.4. The predicted molar refractivity (Wildman–Crippen MR) is 132 cm³/mol. The van der Waals surface area contributed by atoms with E-state index < -0.39 is 6.04 Å². The Bertz CT molecular complexity index is 1050. The van der Waals surface area contributed by atoms with Gasteiger partial charge < -0.3 is 15.4 Å². The molecule has 0 saturated heterocycles. The number of nitrogens with zero attached hydrogens (tertiary/aromatic N) is 1. The van der Waals surface area contributed by atoms with Crippen molar-refractivity contribution in [3.05, 3.63) is 90.0 Å². The highest BCUT2D eigenvalue weighted by molar-refractivity contribution is 5.96. The van der Waals surface area contributed by atoms with Crippen molar-refractivity contribution in [2.45, 2.75) is 32.9 Å². The van der Waals surface area contributed by atoms with Gasteiger partial charge in [0.15, 0.2) is 0 Å². The Labute approximate surface area is 195 Å². The lowest BCUT2D eigenvalue weighted by Crippen LogP contribution is -2.43. The molecule has 3 rings (SSSR count). The van der Waals surface area contributed by atoms with E-state index in [1.54, 1.807) is 31.0 Å². The Morgan fingerprint density at radius 3 is 2.27 bits per heavy atom. The van der Waals surface area contributed by atoms with Crippen molar-refractivity contribution in [1.82, 2.24) is 4.90 Å². The average molecular weight is 446 g/mol. The highest BCUT2D eigenvalue weighted by Crippen LogP contribution is 2.18. The van der Waals surface area contributed by atoms with E-state index in [1.165, 1.54) is 0 Å². The minimum atomic E-state index is -0.480. The Balaban J connectivity index is 1.48. The average Bonchev–Trinajstić information content (AvgIpc) is 2.84. The lowest BCUT2D eigenvalue weighted by atomic mass is 10.1. The molecule has 0 heterocycles. The summed E-state index contributed by atoms with van der Waals surface area (Å²) in [6, 6.07) is 24.4. The number of carbonyl (C=O) groups excluding carboxylic acids is 2. The molecule has 0 bridgehead atoms. The minimum absolute atomic E-state index is 0.110. The van der Waals surface area contributed by atoms with Crippen LogP contribution in [-0.4, -0.2) is 36.3 Å². The number of rotatable bonds is 10. The SMILES string of the molecule is CCc1ccccc1NC(=O)CN(C)C(C)C(=O)Nc1ccc(OCc2ccccc2)cc1. The van der Waals surface area contributed by atoms with Crippen LogP contribution < -0.4 is 15.4 Å². The number of para-hydroxylation sites is 1. The maximum atomic E-state index is 12.7. The number of aryl methyl sites for hydroxylation is 1. The third-order valence-electron chi connectivity index (χ3n) is 5.48. The molecule has 0 aliphatic rings. The Kier molecular flexibility index (Phi) is 8.61. The molecule has 3 aromatic carbocycles. The third-order valence-corrected chi connectivity index (χ3v) is 5.48. The summed E-state index contributed by atoms with van der Waals surface area (Å²) >= 11 is 0. The van der Waals surface area contributed by atoms with Crippen molar-refractivity contribution in [3.63, 3.8) is 0 Å². The van der Waals surface area contributed by atoms with Crippen LogP contribution in [0.1, 0.15) is 25.0 Å². The number of ether oxygens (including phenoxy) is 1. The molecule has 3 aromatic rings. The second-order valence-corrected chi connectivity index (χ2v) is 7.94. The zero-order valence-corrected chi connectivity index (χ0v) is 19.4. The topological polar surface area (TPSA) is 70.7 Å². The number of benzene rings is 3. The molecule has 6 heteroatoms. The number of likely N-dealkylation sites (N-methyl/N-ethyl adjacent to an activating group) is 1. The van der Waals surface area contributed by atoms with Crippen molar-refractivity contribution >= 4 is 23.2 Å². The molecule has 0 radical (unpaired) electrons. The van der Waals surface area contributed by atoms with Gasteiger partial charge in [0.25, 0.3) is 0 Å². The zero-order chi connectivity index (χ0) is 23.6. The molecule has 0 aromatic heterocycles. The van der Waals surface area contributed by atoms with Gasteiger partial charge in [0, 0.05) is 11.4 Å². The predicted octanol–water partition coefficient (Wildman–Crippen LogP) is 4.73. The molecular weight excluding hydrogens is 414 g/mol. The number of hydrogen-bond acceptors (Lipinski definition) is 4. The van der Waals surface area contributed by atoms with Gasteiger partial charge in [-0.2, -0.15) is 0 Å². The normalized spacial score (nSPS) is 11.6. The molecule has 2 N–H and O–H groups in total. The first-order valence-corrected chi connectivity index (χ1v) is 11.1. The fourth-order valence-electron chi connectivity index (χ4n) is 3.33. The van der Waals surface area contributed by atoms with Gasteiger partial charge in [-0.15, -0.1) is 0 Å². The van der Waals surface area contributed by atoms with E-state index in [0.29, 0.717) is 12.3 Å². The second-order valence-electron chi connectivity index (χ2n) is 7.94. The number of anilines is 2. The van der Waals surface area contributed by atoms with Crippen LogP contribution in [0.4, 0.5) is 11.4 Å². The summed E-state index contributed by atoms with van der Waals surface area (Å²) in [5.74, 6) is 0.390. The van der Waals surface area contributed by atoms with Gasteiger partial charge in [-0.3, -0.25) is 14.5 Å². The molecule has 6 nitrogen and oxygen atoms in total. The van der Waals surface area contributed by atoms with Crippen LogP contribution >= 0.6 is 0 Å². The third kappa shape index (κ3) is 7.19. The van der Waals surface area contributed by atoms with Gasteiger partial charge >= 0.3 is 0 Å². The second kappa shape index (κ2) is 11.8. The van der Waals surface area contributed by atoms with Crippen molar-refractivity contribution in [2.24, 2.45) is 0 Å². The van der Waals surface area contributed by atoms with E-state index in [-0.39, 0.29) is 18.4 Å². The fraction of sp³-hybridized carbons (Fsp3) is 0.259. The van der Waals surface area contributed by atoms with E-state index in [9.17, 15) is 9.59 Å². The van der Waals surface area contributed by atoms with Crippen LogP contribution in [0.3, 0.4) is 0 Å². The first-order chi connectivity index (χ1) is 16.0. The van der Waals surface area contributed by atoms with Crippen molar-refractivity contribution in [1.29, 1.82) is 0 Å². The van der Waals surface area contributed by atoms with E-state index in [4.69, 9.17) is 4.74 Å². The fourth-order valence-corrected chi connectivity index (χ4v) is 3.33. The summed E-state index contributed by atoms with van der Waals surface area (Å²) in [4.78, 5) is 26.9. The number of nitrogens with one attached hydrogen (secondary N) is 2. The van der Waals surface area contributed by atoms with Crippen molar-refractivity contribution in [2.75, 3.05) is 24.2 Å². The first-order valence-electron chi connectivity index (χ1n) is 11.1. The molecule has 2 amide bonds. The monoisotopic (exact) mass is 445 g/mol. The molecular formula is C27H31N3O3. The Morgan fingerprint density at radius 2 is 1.58 bits per heavy atom. The van der Waals surface area contributed by atoms with Crippen LogP contribution in [-0.2, 0) is 22.6 Å².